The van der Waals surface area contributed by atoms with Crippen molar-refractivity contribution in [1.29, 1.82) is 0 Å². The van der Waals surface area contributed by atoms with Crippen LogP contribution in [0.2, 0.25) is 0 Å². The Hall–Kier alpha value is 0.210. The van der Waals surface area contributed by atoms with Gasteiger partial charge in [-0.2, -0.15) is 0 Å². The average Bonchev–Trinajstić information content (AvgIpc) is 2.62. The predicted molar refractivity (Wildman–Crippen MR) is 60.8 cm³/mol. The van der Waals surface area contributed by atoms with Crippen molar-refractivity contribution in [2.75, 3.05) is 6.61 Å². The lowest BCUT2D eigenvalue weighted by molar-refractivity contribution is 0.0820. The second-order valence-electron chi connectivity index (χ2n) is 4.65. The van der Waals surface area contributed by atoms with Crippen molar-refractivity contribution in [1.82, 2.24) is 0 Å². The summed E-state index contributed by atoms with van der Waals surface area (Å²) in [5.41, 5.74) is 5.87. The van der Waals surface area contributed by atoms with Gasteiger partial charge < -0.3 is 10.5 Å². The molecule has 2 nitrogen and oxygen atoms in total. The molecule has 0 aromatic rings. The van der Waals surface area contributed by atoms with Gasteiger partial charge in [-0.3, -0.25) is 0 Å². The van der Waals surface area contributed by atoms with Crippen molar-refractivity contribution < 1.29 is 4.74 Å². The molecule has 84 valence electrons. The molecule has 2 aliphatic rings. The molecule has 1 aliphatic carbocycles. The highest BCUT2D eigenvalue weighted by molar-refractivity contribution is 5.85. The van der Waals surface area contributed by atoms with Gasteiger partial charge in [-0.15, -0.1) is 12.4 Å². The smallest absolute Gasteiger partial charge is 0.0578 e. The van der Waals surface area contributed by atoms with Gasteiger partial charge >= 0.3 is 0 Å². The maximum Gasteiger partial charge on any atom is 0.0578 e. The van der Waals surface area contributed by atoms with Crippen molar-refractivity contribution in [3.05, 3.63) is 0 Å². The second kappa shape index (κ2) is 5.94. The summed E-state index contributed by atoms with van der Waals surface area (Å²) in [6.07, 6.45) is 9.59. The van der Waals surface area contributed by atoms with E-state index < -0.39 is 0 Å². The van der Waals surface area contributed by atoms with E-state index in [4.69, 9.17) is 10.5 Å². The minimum absolute atomic E-state index is 0. The molecule has 1 aliphatic heterocycles. The first kappa shape index (κ1) is 12.3. The fourth-order valence-corrected chi connectivity index (χ4v) is 2.63. The molecule has 2 rings (SSSR count). The molecule has 0 aromatic heterocycles. The highest BCUT2D eigenvalue weighted by Gasteiger charge is 2.24. The van der Waals surface area contributed by atoms with Crippen LogP contribution in [0.5, 0.6) is 0 Å². The van der Waals surface area contributed by atoms with Crippen LogP contribution in [-0.4, -0.2) is 18.8 Å². The summed E-state index contributed by atoms with van der Waals surface area (Å²) in [7, 11) is 0. The third-order valence-corrected chi connectivity index (χ3v) is 3.51. The molecule has 1 unspecified atom stereocenters. The van der Waals surface area contributed by atoms with E-state index in [1.807, 2.05) is 0 Å². The van der Waals surface area contributed by atoms with Gasteiger partial charge in [-0.1, -0.05) is 0 Å². The Morgan fingerprint density at radius 2 is 1.79 bits per heavy atom. The van der Waals surface area contributed by atoms with Gasteiger partial charge in [-0.25, -0.2) is 0 Å². The molecule has 1 saturated carbocycles. The third kappa shape index (κ3) is 3.41. The molecule has 0 aromatic carbocycles. The quantitative estimate of drug-likeness (QED) is 0.775. The predicted octanol–water partition coefficient (Wildman–Crippen LogP) is 2.49. The zero-order valence-electron chi connectivity index (χ0n) is 8.78. The first-order valence-electron chi connectivity index (χ1n) is 5.72. The van der Waals surface area contributed by atoms with Crippen LogP contribution in [0, 0.1) is 5.92 Å². The molecule has 1 heterocycles. The molecule has 0 amide bonds. The summed E-state index contributed by atoms with van der Waals surface area (Å²) in [4.78, 5) is 0. The van der Waals surface area contributed by atoms with Crippen LogP contribution in [-0.2, 0) is 4.74 Å². The SMILES string of the molecule is Cl.NC1CCC(CC2CCCO2)CC1. The summed E-state index contributed by atoms with van der Waals surface area (Å²) in [5.74, 6) is 0.905. The Morgan fingerprint density at radius 1 is 1.07 bits per heavy atom. The largest absolute Gasteiger partial charge is 0.378 e. The Morgan fingerprint density at radius 3 is 2.36 bits per heavy atom. The molecular weight excluding hydrogens is 198 g/mol. The molecule has 3 heteroatoms. The van der Waals surface area contributed by atoms with Crippen molar-refractivity contribution >= 4 is 12.4 Å². The Labute approximate surface area is 93.0 Å². The molecule has 1 atom stereocenters. The summed E-state index contributed by atoms with van der Waals surface area (Å²) >= 11 is 0. The van der Waals surface area contributed by atoms with Crippen molar-refractivity contribution in [2.45, 2.75) is 57.1 Å². The zero-order valence-corrected chi connectivity index (χ0v) is 9.60. The van der Waals surface area contributed by atoms with Gasteiger partial charge in [0.15, 0.2) is 0 Å². The van der Waals surface area contributed by atoms with Crippen molar-refractivity contribution in [2.24, 2.45) is 11.7 Å². The Kier molecular flexibility index (Phi) is 5.21. The van der Waals surface area contributed by atoms with Crippen LogP contribution in [0.1, 0.15) is 44.9 Å². The van der Waals surface area contributed by atoms with Gasteiger partial charge in [0.1, 0.15) is 0 Å². The summed E-state index contributed by atoms with van der Waals surface area (Å²) in [6.45, 7) is 0.997. The van der Waals surface area contributed by atoms with Gasteiger partial charge in [0.05, 0.1) is 6.10 Å². The van der Waals surface area contributed by atoms with Crippen molar-refractivity contribution in [3.8, 4) is 0 Å². The topological polar surface area (TPSA) is 35.2 Å². The lowest BCUT2D eigenvalue weighted by Crippen LogP contribution is -2.28. The number of nitrogens with two attached hydrogens (primary N) is 1. The standard InChI is InChI=1S/C11H21NO.ClH/c12-10-5-3-9(4-6-10)8-11-2-1-7-13-11;/h9-11H,1-8,12H2;1H. The van der Waals surface area contributed by atoms with Crippen LogP contribution in [0.3, 0.4) is 0 Å². The van der Waals surface area contributed by atoms with E-state index in [1.165, 1.54) is 44.9 Å². The number of hydrogen-bond donors (Lipinski definition) is 1. The minimum atomic E-state index is 0. The summed E-state index contributed by atoms with van der Waals surface area (Å²) in [5, 5.41) is 0. The number of halogens is 1. The van der Waals surface area contributed by atoms with E-state index in [0.29, 0.717) is 12.1 Å². The van der Waals surface area contributed by atoms with Crippen LogP contribution >= 0.6 is 12.4 Å². The Balaban J connectivity index is 0.000000980. The van der Waals surface area contributed by atoms with E-state index in [2.05, 4.69) is 0 Å². The molecule has 1 saturated heterocycles. The zero-order chi connectivity index (χ0) is 9.10. The lowest BCUT2D eigenvalue weighted by atomic mass is 9.83. The number of rotatable bonds is 2. The van der Waals surface area contributed by atoms with Gasteiger partial charge in [-0.05, 0) is 50.9 Å². The molecule has 14 heavy (non-hydrogen) atoms. The fourth-order valence-electron chi connectivity index (χ4n) is 2.63. The maximum absolute atomic E-state index is 5.87. The highest BCUT2D eigenvalue weighted by atomic mass is 35.5. The van der Waals surface area contributed by atoms with Crippen LogP contribution in [0.15, 0.2) is 0 Å². The van der Waals surface area contributed by atoms with Crippen LogP contribution < -0.4 is 5.73 Å². The van der Waals surface area contributed by atoms with E-state index in [0.717, 1.165) is 12.5 Å². The third-order valence-electron chi connectivity index (χ3n) is 3.51. The molecule has 2 N–H and O–H groups in total. The fraction of sp³-hybridized carbons (Fsp3) is 1.00. The molecule has 0 radical (unpaired) electrons. The molecule has 2 fully saturated rings. The van der Waals surface area contributed by atoms with Gasteiger partial charge in [0.25, 0.3) is 0 Å². The first-order chi connectivity index (χ1) is 6.34. The second-order valence-corrected chi connectivity index (χ2v) is 4.65. The average molecular weight is 220 g/mol. The van der Waals surface area contributed by atoms with Gasteiger partial charge in [0, 0.05) is 12.6 Å². The number of ether oxygens (including phenoxy) is 1. The molecule has 0 spiro atoms. The maximum atomic E-state index is 5.87. The summed E-state index contributed by atoms with van der Waals surface area (Å²) < 4.78 is 5.65. The van der Waals surface area contributed by atoms with Crippen molar-refractivity contribution in [3.63, 3.8) is 0 Å². The highest BCUT2D eigenvalue weighted by Crippen LogP contribution is 2.30. The van der Waals surface area contributed by atoms with E-state index in [-0.39, 0.29) is 12.4 Å². The normalized spacial score (nSPS) is 37.9. The summed E-state index contributed by atoms with van der Waals surface area (Å²) in [6, 6.07) is 0.487. The minimum Gasteiger partial charge on any atom is -0.378 e. The first-order valence-corrected chi connectivity index (χ1v) is 5.72. The monoisotopic (exact) mass is 219 g/mol. The Bertz CT molecular complexity index is 151. The van der Waals surface area contributed by atoms with Crippen LogP contribution in [0.25, 0.3) is 0 Å². The van der Waals surface area contributed by atoms with Crippen LogP contribution in [0.4, 0.5) is 0 Å². The number of hydrogen-bond acceptors (Lipinski definition) is 2. The van der Waals surface area contributed by atoms with E-state index in [9.17, 15) is 0 Å². The molecular formula is C11H22ClNO. The van der Waals surface area contributed by atoms with Gasteiger partial charge in [0.2, 0.25) is 0 Å². The van der Waals surface area contributed by atoms with E-state index >= 15 is 0 Å². The molecule has 0 bridgehead atoms. The lowest BCUT2D eigenvalue weighted by Gasteiger charge is -2.27. The van der Waals surface area contributed by atoms with E-state index in [1.54, 1.807) is 0 Å².